The van der Waals surface area contributed by atoms with Crippen molar-refractivity contribution >= 4 is 23.4 Å². The second-order valence-corrected chi connectivity index (χ2v) is 6.11. The van der Waals surface area contributed by atoms with Crippen LogP contribution < -0.4 is 10.1 Å². The minimum Gasteiger partial charge on any atom is -0.465 e. The van der Waals surface area contributed by atoms with E-state index in [4.69, 9.17) is 21.1 Å². The Morgan fingerprint density at radius 1 is 1.07 bits per heavy atom. The van der Waals surface area contributed by atoms with E-state index in [2.05, 4.69) is 15.3 Å². The highest BCUT2D eigenvalue weighted by atomic mass is 35.5. The molecule has 0 saturated heterocycles. The lowest BCUT2D eigenvalue weighted by Gasteiger charge is -2.16. The number of para-hydroxylation sites is 1. The van der Waals surface area contributed by atoms with Crippen molar-refractivity contribution in [3.63, 3.8) is 0 Å². The molecule has 1 N–H and O–H groups in total. The van der Waals surface area contributed by atoms with Crippen LogP contribution in [0.5, 0.6) is 11.8 Å². The van der Waals surface area contributed by atoms with Gasteiger partial charge in [0.15, 0.2) is 0 Å². The number of halogens is 1. The van der Waals surface area contributed by atoms with Crippen molar-refractivity contribution in [1.82, 2.24) is 9.97 Å². The number of methoxy groups -OCH3 is 1. The molecule has 2 aromatic carbocycles. The minimum atomic E-state index is -0.510. The molecule has 3 aromatic rings. The van der Waals surface area contributed by atoms with Gasteiger partial charge in [-0.1, -0.05) is 54.1 Å². The molecule has 0 radical (unpaired) electrons. The summed E-state index contributed by atoms with van der Waals surface area (Å²) in [7, 11) is 1.31. The largest absolute Gasteiger partial charge is 0.465 e. The number of benzene rings is 2. The quantitative estimate of drug-likeness (QED) is 0.483. The van der Waals surface area contributed by atoms with Gasteiger partial charge in [-0.3, -0.25) is 0 Å². The van der Waals surface area contributed by atoms with Gasteiger partial charge < -0.3 is 14.8 Å². The molecular weight excluding hydrogens is 366 g/mol. The number of nitrogens with one attached hydrogen (secondary N) is 1. The number of anilines is 1. The zero-order valence-electron chi connectivity index (χ0n) is 14.8. The molecule has 0 amide bonds. The lowest BCUT2D eigenvalue weighted by atomic mass is 10.1. The topological polar surface area (TPSA) is 73.3 Å². The Hall–Kier alpha value is -3.12. The minimum absolute atomic E-state index is 0.00683. The molecule has 0 saturated carbocycles. The fourth-order valence-corrected chi connectivity index (χ4v) is 2.67. The summed E-state index contributed by atoms with van der Waals surface area (Å²) in [5.41, 5.74) is 1.38. The first-order valence-electron chi connectivity index (χ1n) is 8.28. The first kappa shape index (κ1) is 18.7. The van der Waals surface area contributed by atoms with Crippen LogP contribution in [0, 0.1) is 0 Å². The van der Waals surface area contributed by atoms with Gasteiger partial charge in [0.25, 0.3) is 0 Å². The van der Waals surface area contributed by atoms with Crippen LogP contribution >= 0.6 is 11.6 Å². The first-order valence-corrected chi connectivity index (χ1v) is 8.66. The molecule has 3 rings (SSSR count). The van der Waals surface area contributed by atoms with E-state index in [9.17, 15) is 4.79 Å². The molecule has 0 aliphatic heterocycles. The standard InChI is InChI=1S/C20H18ClN3O3/c1-13(14-8-4-3-5-9-14)22-18-12-17(21)23-20(24-18)27-16-11-7-6-10-15(16)19(25)26-2/h3-13H,1-2H3,(H,22,23,24)/t13-/m0/s1. The Morgan fingerprint density at radius 3 is 2.52 bits per heavy atom. The van der Waals surface area contributed by atoms with Gasteiger partial charge in [0.05, 0.1) is 7.11 Å². The van der Waals surface area contributed by atoms with Crippen molar-refractivity contribution in [2.75, 3.05) is 12.4 Å². The molecule has 0 spiro atoms. The molecule has 7 heteroatoms. The van der Waals surface area contributed by atoms with Gasteiger partial charge >= 0.3 is 12.0 Å². The highest BCUT2D eigenvalue weighted by Gasteiger charge is 2.15. The predicted octanol–water partition coefficient (Wildman–Crippen LogP) is 4.88. The van der Waals surface area contributed by atoms with Crippen LogP contribution in [0.2, 0.25) is 5.15 Å². The number of nitrogens with zero attached hydrogens (tertiary/aromatic N) is 2. The van der Waals surface area contributed by atoms with Gasteiger partial charge in [-0.25, -0.2) is 4.79 Å². The van der Waals surface area contributed by atoms with E-state index in [1.54, 1.807) is 30.3 Å². The van der Waals surface area contributed by atoms with Gasteiger partial charge in [0.2, 0.25) is 0 Å². The van der Waals surface area contributed by atoms with Crippen LogP contribution in [0.3, 0.4) is 0 Å². The van der Waals surface area contributed by atoms with Gasteiger partial charge in [0.1, 0.15) is 22.3 Å². The van der Waals surface area contributed by atoms with Crippen LogP contribution in [-0.2, 0) is 4.74 Å². The zero-order valence-corrected chi connectivity index (χ0v) is 15.6. The predicted molar refractivity (Wildman–Crippen MR) is 103 cm³/mol. The second kappa shape index (κ2) is 8.51. The number of hydrogen-bond acceptors (Lipinski definition) is 6. The van der Waals surface area contributed by atoms with Gasteiger partial charge in [0, 0.05) is 12.1 Å². The monoisotopic (exact) mass is 383 g/mol. The molecule has 138 valence electrons. The third kappa shape index (κ3) is 4.74. The second-order valence-electron chi connectivity index (χ2n) is 5.72. The number of aromatic nitrogens is 2. The maximum atomic E-state index is 11.9. The van der Waals surface area contributed by atoms with E-state index in [0.717, 1.165) is 5.56 Å². The summed E-state index contributed by atoms with van der Waals surface area (Å²) in [5.74, 6) is 0.286. The number of ether oxygens (including phenoxy) is 2. The summed E-state index contributed by atoms with van der Waals surface area (Å²) in [4.78, 5) is 20.3. The Labute approximate surface area is 162 Å². The number of carbonyl (C=O) groups excluding carboxylic acids is 1. The van der Waals surface area contributed by atoms with E-state index >= 15 is 0 Å². The SMILES string of the molecule is COC(=O)c1ccccc1Oc1nc(Cl)cc(N[C@@H](C)c2ccccc2)n1. The van der Waals surface area contributed by atoms with Gasteiger partial charge in [-0.15, -0.1) is 0 Å². The molecule has 1 heterocycles. The van der Waals surface area contributed by atoms with Crippen molar-refractivity contribution in [2.45, 2.75) is 13.0 Å². The Morgan fingerprint density at radius 2 is 1.78 bits per heavy atom. The normalized spacial score (nSPS) is 11.5. The Kier molecular flexibility index (Phi) is 5.88. The molecule has 27 heavy (non-hydrogen) atoms. The van der Waals surface area contributed by atoms with E-state index in [1.807, 2.05) is 37.3 Å². The average molecular weight is 384 g/mol. The molecule has 0 bridgehead atoms. The molecule has 0 aliphatic rings. The number of esters is 1. The average Bonchev–Trinajstić information content (AvgIpc) is 2.68. The molecular formula is C20H18ClN3O3. The van der Waals surface area contributed by atoms with Crippen molar-refractivity contribution in [3.05, 3.63) is 76.9 Å². The maximum Gasteiger partial charge on any atom is 0.341 e. The summed E-state index contributed by atoms with van der Waals surface area (Å²) in [6.07, 6.45) is 0. The van der Waals surface area contributed by atoms with Gasteiger partial charge in [-0.05, 0) is 24.6 Å². The van der Waals surface area contributed by atoms with Crippen LogP contribution in [0.1, 0.15) is 28.9 Å². The van der Waals surface area contributed by atoms with Crippen molar-refractivity contribution in [3.8, 4) is 11.8 Å². The fraction of sp³-hybridized carbons (Fsp3) is 0.150. The third-order valence-corrected chi connectivity index (χ3v) is 4.03. The fourth-order valence-electron chi connectivity index (χ4n) is 2.50. The maximum absolute atomic E-state index is 11.9. The Balaban J connectivity index is 1.83. The van der Waals surface area contributed by atoms with Crippen molar-refractivity contribution < 1.29 is 14.3 Å². The summed E-state index contributed by atoms with van der Waals surface area (Å²) >= 11 is 6.11. The zero-order chi connectivity index (χ0) is 19.2. The molecule has 1 aromatic heterocycles. The molecule has 0 fully saturated rings. The summed E-state index contributed by atoms with van der Waals surface area (Å²) in [6.45, 7) is 2.01. The van der Waals surface area contributed by atoms with Crippen LogP contribution in [0.25, 0.3) is 0 Å². The van der Waals surface area contributed by atoms with E-state index in [0.29, 0.717) is 5.82 Å². The van der Waals surface area contributed by atoms with E-state index in [-0.39, 0.29) is 28.5 Å². The third-order valence-electron chi connectivity index (χ3n) is 3.83. The summed E-state index contributed by atoms with van der Waals surface area (Å²) in [5, 5.41) is 3.49. The number of carbonyl (C=O) groups is 1. The highest BCUT2D eigenvalue weighted by Crippen LogP contribution is 2.27. The van der Waals surface area contributed by atoms with Crippen LogP contribution in [-0.4, -0.2) is 23.0 Å². The number of rotatable bonds is 6. The molecule has 1 atom stereocenters. The molecule has 0 aliphatic carbocycles. The first-order chi connectivity index (χ1) is 13.1. The number of hydrogen-bond donors (Lipinski definition) is 1. The van der Waals surface area contributed by atoms with E-state index < -0.39 is 5.97 Å². The molecule has 6 nitrogen and oxygen atoms in total. The van der Waals surface area contributed by atoms with Gasteiger partial charge in [-0.2, -0.15) is 9.97 Å². The Bertz CT molecular complexity index is 935. The lowest BCUT2D eigenvalue weighted by molar-refractivity contribution is 0.0598. The summed E-state index contributed by atoms with van der Waals surface area (Å²) < 4.78 is 10.5. The van der Waals surface area contributed by atoms with Crippen molar-refractivity contribution in [1.29, 1.82) is 0 Å². The van der Waals surface area contributed by atoms with Crippen molar-refractivity contribution in [2.24, 2.45) is 0 Å². The van der Waals surface area contributed by atoms with Crippen LogP contribution in [0.15, 0.2) is 60.7 Å². The highest BCUT2D eigenvalue weighted by molar-refractivity contribution is 6.29. The van der Waals surface area contributed by atoms with E-state index in [1.165, 1.54) is 7.11 Å². The lowest BCUT2D eigenvalue weighted by Crippen LogP contribution is -2.09. The summed E-state index contributed by atoms with van der Waals surface area (Å²) in [6, 6.07) is 18.3. The molecule has 0 unspecified atom stereocenters. The van der Waals surface area contributed by atoms with Crippen LogP contribution in [0.4, 0.5) is 5.82 Å². The smallest absolute Gasteiger partial charge is 0.341 e.